The van der Waals surface area contributed by atoms with E-state index in [0.29, 0.717) is 16.9 Å². The van der Waals surface area contributed by atoms with Gasteiger partial charge in [-0.25, -0.2) is 4.98 Å². The van der Waals surface area contributed by atoms with Crippen molar-refractivity contribution >= 4 is 27.5 Å². The number of benzene rings is 1. The summed E-state index contributed by atoms with van der Waals surface area (Å²) < 4.78 is 2.64. The minimum atomic E-state index is -0.118. The number of amides is 1. The molecule has 2 aliphatic heterocycles. The first kappa shape index (κ1) is 21.6. The fourth-order valence-electron chi connectivity index (χ4n) is 4.62. The highest BCUT2D eigenvalue weighted by molar-refractivity contribution is 9.10. The predicted molar refractivity (Wildman–Crippen MR) is 124 cm³/mol. The Balaban J connectivity index is 0.00000112. The van der Waals surface area contributed by atoms with E-state index in [1.54, 1.807) is 10.6 Å². The second kappa shape index (κ2) is 8.83. The van der Waals surface area contributed by atoms with E-state index in [1.807, 2.05) is 17.2 Å². The van der Waals surface area contributed by atoms with Crippen LogP contribution in [0.1, 0.15) is 40.0 Å². The van der Waals surface area contributed by atoms with E-state index >= 15 is 0 Å². The summed E-state index contributed by atoms with van der Waals surface area (Å²) >= 11 is 3.44. The first-order valence-electron chi connectivity index (χ1n) is 10.3. The Morgan fingerprint density at radius 3 is 2.61 bits per heavy atom. The molecule has 2 N–H and O–H groups in total. The predicted octanol–water partition coefficient (Wildman–Crippen LogP) is 3.16. The number of carbonyl (C=O) groups is 1. The summed E-state index contributed by atoms with van der Waals surface area (Å²) in [5.74, 6) is -0.0419. The molecule has 1 spiro atoms. The van der Waals surface area contributed by atoms with Crippen LogP contribution in [0.25, 0.3) is 5.65 Å². The summed E-state index contributed by atoms with van der Waals surface area (Å²) in [6.45, 7) is 2.22. The topological polar surface area (TPSA) is 69.9 Å². The van der Waals surface area contributed by atoms with Crippen LogP contribution in [0.3, 0.4) is 0 Å². The van der Waals surface area contributed by atoms with Crippen LogP contribution in [0.4, 0.5) is 0 Å². The Hall–Kier alpha value is -2.66. The van der Waals surface area contributed by atoms with Gasteiger partial charge in [0.05, 0.1) is 6.61 Å². The van der Waals surface area contributed by atoms with Crippen LogP contribution < -0.4 is 5.32 Å². The fourth-order valence-corrected chi connectivity index (χ4v) is 5.11. The maximum Gasteiger partial charge on any atom is 0.274 e. The molecular weight excluding hydrogens is 456 g/mol. The van der Waals surface area contributed by atoms with Crippen molar-refractivity contribution in [1.29, 1.82) is 0 Å². The number of aliphatic hydroxyl groups excluding tert-OH is 1. The fraction of sp³-hybridized carbons (Fsp3) is 0.333. The van der Waals surface area contributed by atoms with Gasteiger partial charge in [-0.05, 0) is 52.4 Å². The van der Waals surface area contributed by atoms with Crippen molar-refractivity contribution < 1.29 is 9.90 Å². The van der Waals surface area contributed by atoms with Crippen LogP contribution >= 0.6 is 15.9 Å². The molecule has 0 saturated carbocycles. The zero-order valence-corrected chi connectivity index (χ0v) is 18.8. The first-order valence-corrected chi connectivity index (χ1v) is 11.1. The number of piperidine rings is 1. The second-order valence-corrected chi connectivity index (χ2v) is 8.99. The van der Waals surface area contributed by atoms with Crippen molar-refractivity contribution in [2.24, 2.45) is 0 Å². The molecule has 31 heavy (non-hydrogen) atoms. The SMILES string of the molecule is C#C.O=C(c1cn2cc(Br)cc(CO)c2n1)N1CCC2(CC1)Cc1ccccc1CN2. The molecule has 4 heterocycles. The Labute approximate surface area is 190 Å². The van der Waals surface area contributed by atoms with Crippen molar-refractivity contribution in [2.45, 2.75) is 38.0 Å². The lowest BCUT2D eigenvalue weighted by atomic mass is 9.78. The number of imidazole rings is 1. The van der Waals surface area contributed by atoms with Crippen LogP contribution in [-0.2, 0) is 19.6 Å². The number of pyridine rings is 1. The number of hydrogen-bond donors (Lipinski definition) is 2. The number of nitrogens with zero attached hydrogens (tertiary/aromatic N) is 3. The monoisotopic (exact) mass is 480 g/mol. The number of halogens is 1. The smallest absolute Gasteiger partial charge is 0.274 e. The van der Waals surface area contributed by atoms with Gasteiger partial charge in [-0.15, -0.1) is 12.8 Å². The van der Waals surface area contributed by atoms with Crippen LogP contribution in [0.5, 0.6) is 0 Å². The summed E-state index contributed by atoms with van der Waals surface area (Å²) in [5.41, 5.74) is 4.63. The van der Waals surface area contributed by atoms with Gasteiger partial charge in [-0.2, -0.15) is 0 Å². The molecule has 1 aromatic carbocycles. The highest BCUT2D eigenvalue weighted by Crippen LogP contribution is 2.32. The van der Waals surface area contributed by atoms with Gasteiger partial charge in [0.15, 0.2) is 0 Å². The van der Waals surface area contributed by atoms with Crippen molar-refractivity contribution in [3.8, 4) is 12.8 Å². The van der Waals surface area contributed by atoms with Crippen LogP contribution in [0.2, 0.25) is 0 Å². The first-order chi connectivity index (χ1) is 15.1. The summed E-state index contributed by atoms with van der Waals surface area (Å²) in [6, 6.07) is 10.4. The molecule has 1 saturated heterocycles. The number of rotatable bonds is 2. The molecule has 5 rings (SSSR count). The third kappa shape index (κ3) is 4.11. The minimum Gasteiger partial charge on any atom is -0.392 e. The van der Waals surface area contributed by atoms with Gasteiger partial charge >= 0.3 is 0 Å². The molecule has 0 atom stereocenters. The summed E-state index contributed by atoms with van der Waals surface area (Å²) in [4.78, 5) is 19.5. The number of aliphatic hydroxyl groups is 1. The van der Waals surface area contributed by atoms with Crippen LogP contribution in [0.15, 0.2) is 47.2 Å². The quantitative estimate of drug-likeness (QED) is 0.552. The molecule has 160 valence electrons. The molecule has 1 amide bonds. The lowest BCUT2D eigenvalue weighted by Crippen LogP contribution is -2.57. The number of likely N-dealkylation sites (tertiary alicyclic amines) is 1. The third-order valence-electron chi connectivity index (χ3n) is 6.29. The Kier molecular flexibility index (Phi) is 6.15. The van der Waals surface area contributed by atoms with Crippen LogP contribution in [-0.4, -0.2) is 43.9 Å². The van der Waals surface area contributed by atoms with Gasteiger partial charge in [-0.1, -0.05) is 24.3 Å². The summed E-state index contributed by atoms with van der Waals surface area (Å²) in [7, 11) is 0. The third-order valence-corrected chi connectivity index (χ3v) is 6.73. The van der Waals surface area contributed by atoms with Gasteiger partial charge in [0.1, 0.15) is 11.3 Å². The van der Waals surface area contributed by atoms with Gasteiger partial charge in [0, 0.05) is 47.6 Å². The van der Waals surface area contributed by atoms with E-state index in [9.17, 15) is 9.90 Å². The maximum absolute atomic E-state index is 13.1. The molecule has 6 nitrogen and oxygen atoms in total. The maximum atomic E-state index is 13.1. The molecule has 0 bridgehead atoms. The largest absolute Gasteiger partial charge is 0.392 e. The van der Waals surface area contributed by atoms with Crippen molar-refractivity contribution in [3.63, 3.8) is 0 Å². The van der Waals surface area contributed by atoms with Gasteiger partial charge in [-0.3, -0.25) is 4.79 Å². The number of nitrogens with one attached hydrogen (secondary N) is 1. The van der Waals surface area contributed by atoms with E-state index < -0.39 is 0 Å². The summed E-state index contributed by atoms with van der Waals surface area (Å²) in [6.07, 6.45) is 14.5. The van der Waals surface area contributed by atoms with Crippen molar-refractivity contribution in [1.82, 2.24) is 19.6 Å². The number of carbonyl (C=O) groups excluding carboxylic acids is 1. The second-order valence-electron chi connectivity index (χ2n) is 8.07. The average molecular weight is 481 g/mol. The Bertz CT molecular complexity index is 1130. The standard InChI is InChI=1S/C22H23BrN4O2.C2H2/c23-18-9-17(14-28)20-25-19(13-27(20)12-18)21(29)26-7-5-22(6-8-26)10-15-3-1-2-4-16(15)11-24-22;1-2/h1-4,9,12-13,24,28H,5-8,10-11,14H2;1-2H. The minimum absolute atomic E-state index is 0.0419. The van der Waals surface area contributed by atoms with Gasteiger partial charge in [0.25, 0.3) is 5.91 Å². The lowest BCUT2D eigenvalue weighted by molar-refractivity contribution is 0.0626. The van der Waals surface area contributed by atoms with E-state index in [0.717, 1.165) is 43.4 Å². The molecule has 2 aromatic heterocycles. The highest BCUT2D eigenvalue weighted by Gasteiger charge is 2.38. The number of terminal acetylenes is 1. The zero-order valence-electron chi connectivity index (χ0n) is 17.2. The number of aromatic nitrogens is 2. The highest BCUT2D eigenvalue weighted by atomic mass is 79.9. The van der Waals surface area contributed by atoms with E-state index in [1.165, 1.54) is 11.1 Å². The molecule has 1 fully saturated rings. The normalized spacial score (nSPS) is 17.1. The molecule has 2 aliphatic rings. The lowest BCUT2D eigenvalue weighted by Gasteiger charge is -2.45. The van der Waals surface area contributed by atoms with Crippen molar-refractivity contribution in [2.75, 3.05) is 13.1 Å². The molecular formula is C24H25BrN4O2. The Morgan fingerprint density at radius 1 is 1.19 bits per heavy atom. The van der Waals surface area contributed by atoms with Crippen LogP contribution in [0, 0.1) is 12.8 Å². The molecule has 0 radical (unpaired) electrons. The zero-order chi connectivity index (χ0) is 22.0. The van der Waals surface area contributed by atoms with Gasteiger partial charge < -0.3 is 19.7 Å². The average Bonchev–Trinajstić information content (AvgIpc) is 3.24. The van der Waals surface area contributed by atoms with E-state index in [-0.39, 0.29) is 18.1 Å². The Morgan fingerprint density at radius 2 is 1.90 bits per heavy atom. The molecule has 0 unspecified atom stereocenters. The van der Waals surface area contributed by atoms with Crippen molar-refractivity contribution in [3.05, 3.63) is 69.6 Å². The number of fused-ring (bicyclic) bond motifs is 2. The molecule has 3 aromatic rings. The molecule has 0 aliphatic carbocycles. The van der Waals surface area contributed by atoms with E-state index in [2.05, 4.69) is 63.3 Å². The molecule has 7 heteroatoms. The summed E-state index contributed by atoms with van der Waals surface area (Å²) in [5, 5.41) is 13.3. The van der Waals surface area contributed by atoms with E-state index in [4.69, 9.17) is 0 Å². The van der Waals surface area contributed by atoms with Gasteiger partial charge in [0.2, 0.25) is 0 Å². The number of hydrogen-bond acceptors (Lipinski definition) is 4.